The Morgan fingerprint density at radius 3 is 2.85 bits per heavy atom. The van der Waals surface area contributed by atoms with Crippen molar-refractivity contribution < 1.29 is 9.18 Å². The molecule has 2 N–H and O–H groups in total. The van der Waals surface area contributed by atoms with Crippen LogP contribution in [0.4, 0.5) is 4.39 Å². The molecule has 2 heterocycles. The molecule has 136 valence electrons. The number of hydrogen-bond donors (Lipinski definition) is 1. The predicted molar refractivity (Wildman–Crippen MR) is 102 cm³/mol. The van der Waals surface area contributed by atoms with Crippen molar-refractivity contribution in [2.45, 2.75) is 31.7 Å². The SMILES string of the molecule is CC[C@@]1(c2cc(CC(=O)c3cnc(Cl)cn3)ccc2F)CCSC(N)=N1. The van der Waals surface area contributed by atoms with Crippen LogP contribution in [0.2, 0.25) is 5.15 Å². The van der Waals surface area contributed by atoms with Crippen molar-refractivity contribution >= 4 is 34.3 Å². The smallest absolute Gasteiger partial charge is 0.187 e. The van der Waals surface area contributed by atoms with Crippen LogP contribution in [0.15, 0.2) is 35.6 Å². The first kappa shape index (κ1) is 18.8. The first-order valence-electron chi connectivity index (χ1n) is 8.21. The van der Waals surface area contributed by atoms with Gasteiger partial charge in [0.2, 0.25) is 0 Å². The molecule has 0 spiro atoms. The lowest BCUT2D eigenvalue weighted by molar-refractivity contribution is 0.0987. The summed E-state index contributed by atoms with van der Waals surface area (Å²) in [6.45, 7) is 1.97. The highest BCUT2D eigenvalue weighted by molar-refractivity contribution is 8.13. The zero-order valence-electron chi connectivity index (χ0n) is 14.2. The van der Waals surface area contributed by atoms with Gasteiger partial charge in [-0.1, -0.05) is 36.4 Å². The van der Waals surface area contributed by atoms with Crippen LogP contribution < -0.4 is 5.73 Å². The number of thioether (sulfide) groups is 1. The van der Waals surface area contributed by atoms with Gasteiger partial charge in [-0.15, -0.1) is 0 Å². The fraction of sp³-hybridized carbons (Fsp3) is 0.333. The molecule has 1 aliphatic heterocycles. The minimum atomic E-state index is -0.682. The maximum atomic E-state index is 14.6. The molecule has 1 aromatic heterocycles. The summed E-state index contributed by atoms with van der Waals surface area (Å²) >= 11 is 7.17. The normalized spacial score (nSPS) is 19.9. The first-order chi connectivity index (χ1) is 12.4. The van der Waals surface area contributed by atoms with Crippen LogP contribution in [0.1, 0.15) is 41.4 Å². The number of Topliss-reactive ketones (excluding diaryl/α,β-unsaturated/α-hetero) is 1. The average molecular weight is 393 g/mol. The summed E-state index contributed by atoms with van der Waals surface area (Å²) in [7, 11) is 0. The van der Waals surface area contributed by atoms with Gasteiger partial charge < -0.3 is 5.73 Å². The van der Waals surface area contributed by atoms with Crippen molar-refractivity contribution in [2.24, 2.45) is 10.7 Å². The van der Waals surface area contributed by atoms with E-state index in [2.05, 4.69) is 15.0 Å². The molecule has 0 radical (unpaired) electrons. The molecule has 0 unspecified atom stereocenters. The third-order valence-corrected chi connectivity index (χ3v) is 5.47. The number of rotatable bonds is 5. The number of ketones is 1. The summed E-state index contributed by atoms with van der Waals surface area (Å²) in [5, 5.41) is 0.691. The monoisotopic (exact) mass is 392 g/mol. The van der Waals surface area contributed by atoms with Gasteiger partial charge in [0, 0.05) is 17.7 Å². The standard InChI is InChI=1S/C18H18ClFN4OS/c1-2-18(5-6-26-17(21)24-18)12-7-11(3-4-13(12)20)8-15(25)14-9-23-16(19)10-22-14/h3-4,7,9-10H,2,5-6,8H2,1H3,(H2,21,24)/t18-/m0/s1. The summed E-state index contributed by atoms with van der Waals surface area (Å²) in [6.07, 6.45) is 4.09. The number of aliphatic imine (C=N–C) groups is 1. The van der Waals surface area contributed by atoms with Crippen LogP contribution in [0.3, 0.4) is 0 Å². The van der Waals surface area contributed by atoms with Gasteiger partial charge in [-0.2, -0.15) is 0 Å². The highest BCUT2D eigenvalue weighted by Crippen LogP contribution is 2.39. The number of benzene rings is 1. The Kier molecular flexibility index (Phi) is 5.58. The van der Waals surface area contributed by atoms with E-state index >= 15 is 0 Å². The Labute approximate surface area is 160 Å². The lowest BCUT2D eigenvalue weighted by Crippen LogP contribution is -2.32. The molecular formula is C18H18ClFN4OS. The Bertz CT molecular complexity index is 859. The summed E-state index contributed by atoms with van der Waals surface area (Å²) in [4.78, 5) is 24.8. The molecule has 1 aromatic carbocycles. The number of halogens is 2. The van der Waals surface area contributed by atoms with Crippen molar-refractivity contribution in [1.29, 1.82) is 0 Å². The maximum Gasteiger partial charge on any atom is 0.187 e. The van der Waals surface area contributed by atoms with E-state index in [-0.39, 0.29) is 28.9 Å². The van der Waals surface area contributed by atoms with Crippen LogP contribution in [0, 0.1) is 5.82 Å². The van der Waals surface area contributed by atoms with Gasteiger partial charge in [0.15, 0.2) is 11.0 Å². The van der Waals surface area contributed by atoms with Crippen molar-refractivity contribution in [3.8, 4) is 0 Å². The van der Waals surface area contributed by atoms with Crippen LogP contribution in [-0.2, 0) is 12.0 Å². The lowest BCUT2D eigenvalue weighted by Gasteiger charge is -2.33. The van der Waals surface area contributed by atoms with E-state index in [9.17, 15) is 9.18 Å². The minimum Gasteiger partial charge on any atom is -0.379 e. The van der Waals surface area contributed by atoms with E-state index in [0.717, 1.165) is 5.75 Å². The van der Waals surface area contributed by atoms with Gasteiger partial charge >= 0.3 is 0 Å². The predicted octanol–water partition coefficient (Wildman–Crippen LogP) is 3.75. The Hall–Kier alpha value is -1.99. The molecule has 0 amide bonds. The molecule has 3 rings (SSSR count). The third kappa shape index (κ3) is 3.88. The molecule has 8 heteroatoms. The summed E-state index contributed by atoms with van der Waals surface area (Å²) in [5.41, 5.74) is 6.61. The largest absolute Gasteiger partial charge is 0.379 e. The van der Waals surface area contributed by atoms with E-state index in [1.807, 2.05) is 6.92 Å². The number of nitrogens with two attached hydrogens (primary N) is 1. The molecule has 1 atom stereocenters. The number of carbonyl (C=O) groups excluding carboxylic acids is 1. The van der Waals surface area contributed by atoms with E-state index in [0.29, 0.717) is 29.1 Å². The molecule has 2 aromatic rings. The molecule has 5 nitrogen and oxygen atoms in total. The molecule has 0 aliphatic carbocycles. The molecule has 0 saturated heterocycles. The fourth-order valence-corrected chi connectivity index (χ4v) is 4.02. The Morgan fingerprint density at radius 2 is 2.19 bits per heavy atom. The van der Waals surface area contributed by atoms with E-state index in [4.69, 9.17) is 17.3 Å². The van der Waals surface area contributed by atoms with Gasteiger partial charge in [0.25, 0.3) is 0 Å². The van der Waals surface area contributed by atoms with Crippen LogP contribution >= 0.6 is 23.4 Å². The fourth-order valence-electron chi connectivity index (χ4n) is 3.04. The zero-order chi connectivity index (χ0) is 18.7. The number of nitrogens with zero attached hydrogens (tertiary/aromatic N) is 3. The zero-order valence-corrected chi connectivity index (χ0v) is 15.8. The number of hydrogen-bond acceptors (Lipinski definition) is 6. The first-order valence-corrected chi connectivity index (χ1v) is 9.57. The van der Waals surface area contributed by atoms with E-state index in [1.165, 1.54) is 30.2 Å². The van der Waals surface area contributed by atoms with Gasteiger partial charge in [-0.25, -0.2) is 14.4 Å². The quantitative estimate of drug-likeness (QED) is 0.783. The number of aromatic nitrogens is 2. The van der Waals surface area contributed by atoms with Gasteiger partial charge in [0.1, 0.15) is 16.7 Å². The Balaban J connectivity index is 1.91. The number of amidine groups is 1. The highest BCUT2D eigenvalue weighted by Gasteiger charge is 2.35. The lowest BCUT2D eigenvalue weighted by atomic mass is 9.83. The molecular weight excluding hydrogens is 375 g/mol. The molecule has 26 heavy (non-hydrogen) atoms. The molecule has 0 fully saturated rings. The van der Waals surface area contributed by atoms with E-state index in [1.54, 1.807) is 12.1 Å². The van der Waals surface area contributed by atoms with E-state index < -0.39 is 5.54 Å². The minimum absolute atomic E-state index is 0.0946. The van der Waals surface area contributed by atoms with Gasteiger partial charge in [-0.05, 0) is 30.5 Å². The van der Waals surface area contributed by atoms with Crippen LogP contribution in [0.25, 0.3) is 0 Å². The molecule has 0 bridgehead atoms. The molecule has 0 saturated carbocycles. The molecule has 1 aliphatic rings. The van der Waals surface area contributed by atoms with Crippen LogP contribution in [0.5, 0.6) is 0 Å². The second-order valence-electron chi connectivity index (χ2n) is 6.07. The number of carbonyl (C=O) groups is 1. The highest BCUT2D eigenvalue weighted by atomic mass is 35.5. The van der Waals surface area contributed by atoms with Gasteiger partial charge in [0.05, 0.1) is 17.9 Å². The van der Waals surface area contributed by atoms with Crippen molar-refractivity contribution in [3.63, 3.8) is 0 Å². The van der Waals surface area contributed by atoms with Crippen molar-refractivity contribution in [1.82, 2.24) is 9.97 Å². The Morgan fingerprint density at radius 1 is 1.38 bits per heavy atom. The summed E-state index contributed by atoms with van der Waals surface area (Å²) < 4.78 is 14.6. The van der Waals surface area contributed by atoms with Gasteiger partial charge in [-0.3, -0.25) is 9.79 Å². The maximum absolute atomic E-state index is 14.6. The van der Waals surface area contributed by atoms with Crippen molar-refractivity contribution in [2.75, 3.05) is 5.75 Å². The topological polar surface area (TPSA) is 81.2 Å². The summed E-state index contributed by atoms with van der Waals surface area (Å²) in [5.74, 6) is 0.240. The second kappa shape index (κ2) is 7.72. The average Bonchev–Trinajstić information content (AvgIpc) is 2.63. The second-order valence-corrected chi connectivity index (χ2v) is 7.57. The third-order valence-electron chi connectivity index (χ3n) is 4.48. The van der Waals surface area contributed by atoms with Crippen molar-refractivity contribution in [3.05, 3.63) is 58.4 Å². The van der Waals surface area contributed by atoms with Crippen LogP contribution in [-0.4, -0.2) is 26.7 Å². The summed E-state index contributed by atoms with van der Waals surface area (Å²) in [6, 6.07) is 4.71.